The number of aryl methyl sites for hydroxylation is 1. The Kier molecular flexibility index (Phi) is 9.65. The molecule has 1 aromatic carbocycles. The fourth-order valence-electron chi connectivity index (χ4n) is 4.50. The Hall–Kier alpha value is -4.05. The van der Waals surface area contributed by atoms with Crippen LogP contribution in [-0.4, -0.2) is 63.2 Å². The molecule has 0 N–H and O–H groups in total. The highest BCUT2D eigenvalue weighted by atomic mass is 32.1. The third kappa shape index (κ3) is 6.39. The van der Waals surface area contributed by atoms with Gasteiger partial charge in [0.15, 0.2) is 5.78 Å². The number of carbonyl (C=O) groups excluding carboxylic acids is 4. The van der Waals surface area contributed by atoms with Crippen LogP contribution < -0.4 is 0 Å². The Bertz CT molecular complexity index is 1390. The molecule has 0 saturated carbocycles. The maximum Gasteiger partial charge on any atom is 0.337 e. The highest BCUT2D eigenvalue weighted by Crippen LogP contribution is 2.26. The Morgan fingerprint density at radius 1 is 1.02 bits per heavy atom. The molecule has 4 rings (SSSR count). The minimum atomic E-state index is -0.481. The van der Waals surface area contributed by atoms with Crippen LogP contribution in [0.25, 0.3) is 6.08 Å². The topological polar surface area (TPSA) is 102 Å². The number of ketones is 1. The molecular weight excluding hydrogens is 528 g/mol. The van der Waals surface area contributed by atoms with Gasteiger partial charge >= 0.3 is 12.0 Å². The molecule has 0 atom stereocenters. The first-order valence-corrected chi connectivity index (χ1v) is 14.4. The third-order valence-electron chi connectivity index (χ3n) is 6.77. The van der Waals surface area contributed by atoms with Crippen LogP contribution in [0.15, 0.2) is 53.7 Å². The van der Waals surface area contributed by atoms with Crippen molar-refractivity contribution in [3.05, 3.63) is 81.2 Å². The molecule has 0 unspecified atom stereocenters. The standard InChI is InChI=1S/C30H34N4O5S/c1-4-6-10-27-31-18-23(33(27)19-21-11-13-22(14-12-21)29(37)39-3)17-24-28(36)32(15-7-5-2)30(38)34(24)20-25(35)26-9-8-16-40-26/h8-9,11-14,16-18H,4-7,10,15,19-20H2,1-3H3. The number of aromatic nitrogens is 2. The molecule has 210 valence electrons. The fourth-order valence-corrected chi connectivity index (χ4v) is 5.16. The fraction of sp³-hybridized carbons (Fsp3) is 0.367. The quantitative estimate of drug-likeness (QED) is 0.119. The van der Waals surface area contributed by atoms with E-state index in [4.69, 9.17) is 4.74 Å². The summed E-state index contributed by atoms with van der Waals surface area (Å²) in [4.78, 5) is 59.4. The Balaban J connectivity index is 1.70. The van der Waals surface area contributed by atoms with Crippen LogP contribution in [0, 0.1) is 0 Å². The van der Waals surface area contributed by atoms with Crippen LogP contribution in [0.2, 0.25) is 0 Å². The summed E-state index contributed by atoms with van der Waals surface area (Å²) in [5, 5.41) is 1.81. The molecule has 0 spiro atoms. The van der Waals surface area contributed by atoms with Gasteiger partial charge in [-0.1, -0.05) is 44.9 Å². The number of ether oxygens (including phenoxy) is 1. The van der Waals surface area contributed by atoms with E-state index in [1.807, 2.05) is 29.0 Å². The van der Waals surface area contributed by atoms with E-state index < -0.39 is 17.9 Å². The van der Waals surface area contributed by atoms with Crippen LogP contribution in [0.4, 0.5) is 4.79 Å². The minimum Gasteiger partial charge on any atom is -0.465 e. The lowest BCUT2D eigenvalue weighted by molar-refractivity contribution is -0.123. The largest absolute Gasteiger partial charge is 0.465 e. The minimum absolute atomic E-state index is 0.162. The zero-order chi connectivity index (χ0) is 28.6. The van der Waals surface area contributed by atoms with E-state index in [1.54, 1.807) is 36.5 Å². The van der Waals surface area contributed by atoms with Crippen LogP contribution in [0.5, 0.6) is 0 Å². The van der Waals surface area contributed by atoms with Crippen LogP contribution >= 0.6 is 11.3 Å². The molecule has 40 heavy (non-hydrogen) atoms. The number of urea groups is 1. The number of benzene rings is 1. The summed E-state index contributed by atoms with van der Waals surface area (Å²) < 4.78 is 6.81. The number of amides is 3. The SMILES string of the molecule is CCCCc1ncc(C=C2C(=O)N(CCCC)C(=O)N2CC(=O)c2cccs2)n1Cc1ccc(C(=O)OC)cc1. The predicted octanol–water partition coefficient (Wildman–Crippen LogP) is 5.41. The van der Waals surface area contributed by atoms with E-state index in [9.17, 15) is 19.2 Å². The summed E-state index contributed by atoms with van der Waals surface area (Å²) in [6.45, 7) is 4.63. The maximum atomic E-state index is 13.5. The molecule has 1 aliphatic rings. The number of esters is 1. The lowest BCUT2D eigenvalue weighted by atomic mass is 10.1. The van der Waals surface area contributed by atoms with Gasteiger partial charge in [0.05, 0.1) is 36.0 Å². The molecule has 3 heterocycles. The summed E-state index contributed by atoms with van der Waals surface area (Å²) in [5.41, 5.74) is 2.21. The second-order valence-electron chi connectivity index (χ2n) is 9.59. The first kappa shape index (κ1) is 28.9. The number of unbranched alkanes of at least 4 members (excludes halogenated alkanes) is 2. The van der Waals surface area contributed by atoms with Gasteiger partial charge in [0.1, 0.15) is 11.5 Å². The number of hydrogen-bond acceptors (Lipinski definition) is 7. The molecular formula is C30H34N4O5S. The van der Waals surface area contributed by atoms with Gasteiger partial charge in [0, 0.05) is 19.5 Å². The first-order valence-electron chi connectivity index (χ1n) is 13.5. The molecule has 3 aromatic rings. The van der Waals surface area contributed by atoms with Crippen LogP contribution in [-0.2, 0) is 22.5 Å². The summed E-state index contributed by atoms with van der Waals surface area (Å²) >= 11 is 1.31. The van der Waals surface area contributed by atoms with E-state index in [-0.39, 0.29) is 18.0 Å². The molecule has 0 radical (unpaired) electrons. The Morgan fingerprint density at radius 3 is 2.42 bits per heavy atom. The van der Waals surface area contributed by atoms with Gasteiger partial charge in [0.25, 0.3) is 5.91 Å². The van der Waals surface area contributed by atoms with Crippen molar-refractivity contribution in [3.8, 4) is 0 Å². The number of thiophene rings is 1. The molecule has 0 bridgehead atoms. The van der Waals surface area contributed by atoms with E-state index in [0.717, 1.165) is 37.1 Å². The number of rotatable bonds is 13. The zero-order valence-electron chi connectivity index (χ0n) is 23.1. The molecule has 0 aliphatic carbocycles. The molecule has 1 saturated heterocycles. The van der Waals surface area contributed by atoms with Crippen LogP contribution in [0.3, 0.4) is 0 Å². The summed E-state index contributed by atoms with van der Waals surface area (Å²) in [5.74, 6) is -0.186. The molecule has 9 nitrogen and oxygen atoms in total. The summed E-state index contributed by atoms with van der Waals surface area (Å²) in [6, 6.07) is 10.2. The van der Waals surface area contributed by atoms with Gasteiger partial charge < -0.3 is 9.30 Å². The number of methoxy groups -OCH3 is 1. The van der Waals surface area contributed by atoms with Gasteiger partial charge in [-0.2, -0.15) is 0 Å². The van der Waals surface area contributed by atoms with E-state index in [2.05, 4.69) is 11.9 Å². The number of imidazole rings is 1. The third-order valence-corrected chi connectivity index (χ3v) is 7.68. The van der Waals surface area contributed by atoms with Gasteiger partial charge in [-0.15, -0.1) is 11.3 Å². The van der Waals surface area contributed by atoms with Crippen molar-refractivity contribution in [3.63, 3.8) is 0 Å². The van der Waals surface area contributed by atoms with Gasteiger partial charge in [0.2, 0.25) is 0 Å². The number of carbonyl (C=O) groups is 4. The number of Topliss-reactive ketones (excluding diaryl/α,β-unsaturated/α-hetero) is 1. The monoisotopic (exact) mass is 562 g/mol. The molecule has 1 fully saturated rings. The predicted molar refractivity (Wildman–Crippen MR) is 153 cm³/mol. The summed E-state index contributed by atoms with van der Waals surface area (Å²) in [6.07, 6.45) is 7.55. The normalized spacial score (nSPS) is 14.4. The number of hydrogen-bond donors (Lipinski definition) is 0. The van der Waals surface area contributed by atoms with Gasteiger partial charge in [-0.25, -0.2) is 14.6 Å². The van der Waals surface area contributed by atoms with E-state index in [0.29, 0.717) is 35.6 Å². The van der Waals surface area contributed by atoms with Crippen molar-refractivity contribution < 1.29 is 23.9 Å². The molecule has 2 aromatic heterocycles. The maximum absolute atomic E-state index is 13.5. The van der Waals surface area contributed by atoms with Crippen molar-refractivity contribution in [1.29, 1.82) is 0 Å². The lowest BCUT2D eigenvalue weighted by Crippen LogP contribution is -2.35. The second-order valence-corrected chi connectivity index (χ2v) is 10.5. The molecule has 1 aliphatic heterocycles. The average Bonchev–Trinajstić information content (AvgIpc) is 3.68. The van der Waals surface area contributed by atoms with Gasteiger partial charge in [-0.05, 0) is 48.1 Å². The first-order chi connectivity index (χ1) is 19.4. The highest BCUT2D eigenvalue weighted by Gasteiger charge is 2.41. The zero-order valence-corrected chi connectivity index (χ0v) is 23.9. The van der Waals surface area contributed by atoms with Crippen molar-refractivity contribution in [1.82, 2.24) is 19.4 Å². The Morgan fingerprint density at radius 2 is 1.77 bits per heavy atom. The lowest BCUT2D eigenvalue weighted by Gasteiger charge is -2.16. The van der Waals surface area contributed by atoms with Crippen LogP contribution in [0.1, 0.15) is 76.6 Å². The highest BCUT2D eigenvalue weighted by molar-refractivity contribution is 7.12. The smallest absolute Gasteiger partial charge is 0.337 e. The average molecular weight is 563 g/mol. The van der Waals surface area contributed by atoms with Gasteiger partial charge in [-0.3, -0.25) is 19.4 Å². The van der Waals surface area contributed by atoms with Crippen molar-refractivity contribution >= 4 is 41.1 Å². The number of imide groups is 1. The summed E-state index contributed by atoms with van der Waals surface area (Å²) in [7, 11) is 1.34. The second kappa shape index (κ2) is 13.3. The van der Waals surface area contributed by atoms with Crippen molar-refractivity contribution in [2.45, 2.75) is 52.5 Å². The van der Waals surface area contributed by atoms with Crippen molar-refractivity contribution in [2.75, 3.05) is 20.2 Å². The van der Waals surface area contributed by atoms with E-state index in [1.165, 1.54) is 28.2 Å². The Labute approximate surface area is 238 Å². The molecule has 10 heteroatoms. The van der Waals surface area contributed by atoms with Crippen molar-refractivity contribution in [2.24, 2.45) is 0 Å². The van der Waals surface area contributed by atoms with E-state index >= 15 is 0 Å². The number of nitrogens with zero attached hydrogens (tertiary/aromatic N) is 4. The molecule has 3 amide bonds.